The molecule has 1 N–H and O–H groups in total. The van der Waals surface area contributed by atoms with Crippen molar-refractivity contribution in [1.29, 1.82) is 0 Å². The molecule has 0 saturated carbocycles. The molecule has 1 saturated heterocycles. The lowest BCUT2D eigenvalue weighted by atomic mass is 9.97. The standard InChI is InChI=1S/C31H33ClFN5O4/c1-18-14-26(34-19(2)27(18)30(40)41)37-10-11-38(31(3,4)17-37)29(39)25-9-7-21-22(20-6-8-24(33)23(32)15-20)16-36(12-13-42-5)28(21)35-25/h6-9,14-16H,10-13,17H2,1-5H3,(H,40,41). The van der Waals surface area contributed by atoms with Gasteiger partial charge in [0.2, 0.25) is 0 Å². The molecule has 0 atom stereocenters. The third kappa shape index (κ3) is 5.44. The van der Waals surface area contributed by atoms with E-state index in [0.29, 0.717) is 61.2 Å². The number of nitrogens with zero attached hydrogens (tertiary/aromatic N) is 5. The quantitative estimate of drug-likeness (QED) is 0.298. The maximum atomic E-state index is 13.9. The molecule has 3 aromatic heterocycles. The molecule has 5 rings (SSSR count). The van der Waals surface area contributed by atoms with Gasteiger partial charge in [-0.1, -0.05) is 17.7 Å². The van der Waals surface area contributed by atoms with Gasteiger partial charge in [0.05, 0.1) is 28.4 Å². The highest BCUT2D eigenvalue weighted by Crippen LogP contribution is 2.33. The predicted molar refractivity (Wildman–Crippen MR) is 160 cm³/mol. The zero-order valence-electron chi connectivity index (χ0n) is 24.2. The molecule has 220 valence electrons. The highest BCUT2D eigenvalue weighted by Gasteiger charge is 2.38. The number of amides is 1. The summed E-state index contributed by atoms with van der Waals surface area (Å²) in [5, 5.41) is 10.4. The molecule has 0 aliphatic carbocycles. The SMILES string of the molecule is COCCn1cc(-c2ccc(F)c(Cl)c2)c2ccc(C(=O)N3CCN(c4cc(C)c(C(=O)O)c(C)n4)CC3(C)C)nc21. The molecule has 9 nitrogen and oxygen atoms in total. The number of carboxylic acids is 1. The van der Waals surface area contributed by atoms with Gasteiger partial charge < -0.3 is 24.2 Å². The zero-order valence-corrected chi connectivity index (χ0v) is 25.0. The van der Waals surface area contributed by atoms with Crippen LogP contribution >= 0.6 is 11.6 Å². The average Bonchev–Trinajstić information content (AvgIpc) is 3.29. The van der Waals surface area contributed by atoms with Crippen LogP contribution in [0, 0.1) is 19.7 Å². The lowest BCUT2D eigenvalue weighted by molar-refractivity contribution is 0.0507. The van der Waals surface area contributed by atoms with Crippen LogP contribution in [0.5, 0.6) is 0 Å². The lowest BCUT2D eigenvalue weighted by Gasteiger charge is -2.47. The fraction of sp³-hybridized carbons (Fsp3) is 0.355. The Morgan fingerprint density at radius 3 is 2.52 bits per heavy atom. The van der Waals surface area contributed by atoms with Gasteiger partial charge in [0.15, 0.2) is 0 Å². The molecule has 0 bridgehead atoms. The smallest absolute Gasteiger partial charge is 0.337 e. The van der Waals surface area contributed by atoms with Crippen LogP contribution in [0.25, 0.3) is 22.2 Å². The predicted octanol–water partition coefficient (Wildman–Crippen LogP) is 5.59. The minimum absolute atomic E-state index is 0.0322. The summed E-state index contributed by atoms with van der Waals surface area (Å²) in [5.41, 5.74) is 3.29. The fourth-order valence-corrected chi connectivity index (χ4v) is 5.88. The van der Waals surface area contributed by atoms with Crippen molar-refractivity contribution < 1.29 is 23.8 Å². The minimum atomic E-state index is -0.994. The Morgan fingerprint density at radius 1 is 1.12 bits per heavy atom. The number of pyridine rings is 2. The van der Waals surface area contributed by atoms with Crippen molar-refractivity contribution in [2.45, 2.75) is 39.8 Å². The molecule has 1 fully saturated rings. The Kier molecular flexibility index (Phi) is 7.96. The van der Waals surface area contributed by atoms with E-state index in [1.54, 1.807) is 45.2 Å². The van der Waals surface area contributed by atoms with Crippen LogP contribution < -0.4 is 4.90 Å². The van der Waals surface area contributed by atoms with E-state index in [1.165, 1.54) is 6.07 Å². The van der Waals surface area contributed by atoms with Crippen molar-refractivity contribution in [3.8, 4) is 11.1 Å². The van der Waals surface area contributed by atoms with Crippen molar-refractivity contribution in [2.24, 2.45) is 0 Å². The highest BCUT2D eigenvalue weighted by molar-refractivity contribution is 6.31. The number of carbonyl (C=O) groups excluding carboxylic acids is 1. The average molecular weight is 594 g/mol. The monoisotopic (exact) mass is 593 g/mol. The Labute approximate surface area is 248 Å². The zero-order chi connectivity index (χ0) is 30.3. The van der Waals surface area contributed by atoms with Gasteiger partial charge >= 0.3 is 5.97 Å². The molecule has 1 aromatic carbocycles. The first kappa shape index (κ1) is 29.5. The van der Waals surface area contributed by atoms with Crippen LogP contribution in [0.3, 0.4) is 0 Å². The first-order valence-corrected chi connectivity index (χ1v) is 14.0. The summed E-state index contributed by atoms with van der Waals surface area (Å²) in [4.78, 5) is 38.8. The number of hydrogen-bond acceptors (Lipinski definition) is 6. The van der Waals surface area contributed by atoms with E-state index in [4.69, 9.17) is 21.3 Å². The van der Waals surface area contributed by atoms with Gasteiger partial charge in [-0.05, 0) is 69.2 Å². The summed E-state index contributed by atoms with van der Waals surface area (Å²) < 4.78 is 21.1. The fourth-order valence-electron chi connectivity index (χ4n) is 5.70. The Morgan fingerprint density at radius 2 is 1.88 bits per heavy atom. The number of benzene rings is 1. The van der Waals surface area contributed by atoms with Crippen molar-refractivity contribution in [1.82, 2.24) is 19.4 Å². The molecule has 11 heteroatoms. The molecule has 42 heavy (non-hydrogen) atoms. The molecule has 1 aliphatic heterocycles. The summed E-state index contributed by atoms with van der Waals surface area (Å²) in [6, 6.07) is 9.97. The molecular weight excluding hydrogens is 561 g/mol. The number of halogens is 2. The molecule has 0 unspecified atom stereocenters. The van der Waals surface area contributed by atoms with E-state index in [-0.39, 0.29) is 16.5 Å². The number of methoxy groups -OCH3 is 1. The van der Waals surface area contributed by atoms with Crippen molar-refractivity contribution in [3.63, 3.8) is 0 Å². The number of hydrogen-bond donors (Lipinski definition) is 1. The van der Waals surface area contributed by atoms with E-state index in [0.717, 1.165) is 16.5 Å². The maximum Gasteiger partial charge on any atom is 0.337 e. The number of aryl methyl sites for hydroxylation is 2. The third-order valence-electron chi connectivity index (χ3n) is 7.78. The van der Waals surface area contributed by atoms with E-state index in [9.17, 15) is 19.1 Å². The number of anilines is 1. The van der Waals surface area contributed by atoms with E-state index >= 15 is 0 Å². The Balaban J connectivity index is 1.44. The largest absolute Gasteiger partial charge is 0.478 e. The van der Waals surface area contributed by atoms with E-state index in [1.807, 2.05) is 35.6 Å². The number of fused-ring (bicyclic) bond motifs is 1. The van der Waals surface area contributed by atoms with Crippen LogP contribution in [0.15, 0.2) is 42.6 Å². The van der Waals surface area contributed by atoms with Crippen LogP contribution in [-0.2, 0) is 11.3 Å². The first-order valence-electron chi connectivity index (χ1n) is 13.6. The minimum Gasteiger partial charge on any atom is -0.478 e. The summed E-state index contributed by atoms with van der Waals surface area (Å²) in [6.45, 7) is 9.92. The van der Waals surface area contributed by atoms with Gasteiger partial charge in [0.25, 0.3) is 5.91 Å². The van der Waals surface area contributed by atoms with Crippen LogP contribution in [0.1, 0.15) is 46.0 Å². The number of carboxylic acid groups (broad SMARTS) is 1. The normalized spacial score (nSPS) is 14.9. The van der Waals surface area contributed by atoms with Gasteiger partial charge in [-0.3, -0.25) is 4.79 Å². The molecule has 4 heterocycles. The number of ether oxygens (including phenoxy) is 1. The molecule has 1 aliphatic rings. The maximum absolute atomic E-state index is 13.9. The Bertz CT molecular complexity index is 1680. The summed E-state index contributed by atoms with van der Waals surface area (Å²) in [6.07, 6.45) is 1.92. The molecule has 0 spiro atoms. The topological polar surface area (TPSA) is 101 Å². The number of rotatable bonds is 7. The Hall–Kier alpha value is -4.02. The van der Waals surface area contributed by atoms with E-state index < -0.39 is 17.3 Å². The molecule has 4 aromatic rings. The van der Waals surface area contributed by atoms with Crippen molar-refractivity contribution in [2.75, 3.05) is 38.3 Å². The van der Waals surface area contributed by atoms with Gasteiger partial charge in [-0.2, -0.15) is 0 Å². The number of piperazine rings is 1. The molecular formula is C31H33ClFN5O4. The summed E-state index contributed by atoms with van der Waals surface area (Å²) in [5.74, 6) is -0.977. The summed E-state index contributed by atoms with van der Waals surface area (Å²) >= 11 is 6.07. The van der Waals surface area contributed by atoms with Crippen molar-refractivity contribution >= 4 is 40.3 Å². The van der Waals surface area contributed by atoms with E-state index in [2.05, 4.69) is 9.88 Å². The second-order valence-corrected chi connectivity index (χ2v) is 11.6. The van der Waals surface area contributed by atoms with Gasteiger partial charge in [-0.15, -0.1) is 0 Å². The summed E-state index contributed by atoms with van der Waals surface area (Å²) in [7, 11) is 1.62. The van der Waals surface area contributed by atoms with Gasteiger partial charge in [0, 0.05) is 50.4 Å². The highest BCUT2D eigenvalue weighted by atomic mass is 35.5. The number of carbonyl (C=O) groups is 2. The third-order valence-corrected chi connectivity index (χ3v) is 8.07. The molecule has 1 amide bonds. The number of aromatic nitrogens is 3. The van der Waals surface area contributed by atoms with Crippen LogP contribution in [0.2, 0.25) is 5.02 Å². The van der Waals surface area contributed by atoms with Gasteiger partial charge in [-0.25, -0.2) is 19.2 Å². The second kappa shape index (κ2) is 11.3. The lowest BCUT2D eigenvalue weighted by Crippen LogP contribution is -2.61. The number of aromatic carboxylic acids is 1. The van der Waals surface area contributed by atoms with Crippen LogP contribution in [-0.4, -0.2) is 75.3 Å². The van der Waals surface area contributed by atoms with Crippen LogP contribution in [0.4, 0.5) is 10.2 Å². The van der Waals surface area contributed by atoms with Gasteiger partial charge in [0.1, 0.15) is 23.0 Å². The second-order valence-electron chi connectivity index (χ2n) is 11.2. The first-order chi connectivity index (χ1) is 19.9. The van der Waals surface area contributed by atoms with Crippen molar-refractivity contribution in [3.05, 3.63) is 75.9 Å². The molecule has 0 radical (unpaired) electrons.